The van der Waals surface area contributed by atoms with Crippen LogP contribution in [-0.4, -0.2) is 16.1 Å². The van der Waals surface area contributed by atoms with Crippen molar-refractivity contribution in [1.82, 2.24) is 10.2 Å². The molecule has 1 amide bonds. The maximum Gasteiger partial charge on any atom is 0.276 e. The minimum atomic E-state index is -0.330. The van der Waals surface area contributed by atoms with Gasteiger partial charge >= 0.3 is 0 Å². The minimum Gasteiger partial charge on any atom is -0.338 e. The number of amides is 1. The number of aromatic nitrogens is 2. The highest BCUT2D eigenvalue weighted by Crippen LogP contribution is 2.19. The molecule has 0 saturated carbocycles. The van der Waals surface area contributed by atoms with Gasteiger partial charge in [0.15, 0.2) is 11.5 Å². The number of hydrogen-bond acceptors (Lipinski definition) is 5. The number of hydrogen-bond donors (Lipinski definition) is 2. The van der Waals surface area contributed by atoms with Gasteiger partial charge in [-0.15, -0.1) is 10.2 Å². The average molecular weight is 357 g/mol. The molecular formula is C21H19N5O. The molecule has 3 aromatic rings. The third-order valence-corrected chi connectivity index (χ3v) is 4.04. The number of rotatable bonds is 5. The predicted molar refractivity (Wildman–Crippen MR) is 105 cm³/mol. The van der Waals surface area contributed by atoms with E-state index in [0.717, 1.165) is 0 Å². The zero-order valence-electron chi connectivity index (χ0n) is 15.1. The van der Waals surface area contributed by atoms with Crippen molar-refractivity contribution in [2.45, 2.75) is 19.8 Å². The Balaban J connectivity index is 1.67. The summed E-state index contributed by atoms with van der Waals surface area (Å²) in [6, 6.07) is 20.2. The Morgan fingerprint density at radius 3 is 2.37 bits per heavy atom. The summed E-state index contributed by atoms with van der Waals surface area (Å²) in [7, 11) is 0. The number of benzene rings is 2. The first-order valence-corrected chi connectivity index (χ1v) is 8.58. The van der Waals surface area contributed by atoms with E-state index in [1.807, 2.05) is 30.3 Å². The summed E-state index contributed by atoms with van der Waals surface area (Å²) < 4.78 is 0. The van der Waals surface area contributed by atoms with Gasteiger partial charge in [0, 0.05) is 5.69 Å². The van der Waals surface area contributed by atoms with E-state index in [2.05, 4.69) is 40.7 Å². The predicted octanol–water partition coefficient (Wildman–Crippen LogP) is 4.47. The Labute approximate surface area is 157 Å². The average Bonchev–Trinajstić information content (AvgIpc) is 2.69. The van der Waals surface area contributed by atoms with Gasteiger partial charge in [-0.25, -0.2) is 0 Å². The van der Waals surface area contributed by atoms with Gasteiger partial charge in [-0.05, 0) is 47.9 Å². The second kappa shape index (κ2) is 8.11. The van der Waals surface area contributed by atoms with Gasteiger partial charge in [-0.2, -0.15) is 5.26 Å². The lowest BCUT2D eigenvalue weighted by atomic mass is 10.0. The Bertz CT molecular complexity index is 973. The molecule has 6 heteroatoms. The molecule has 0 saturated heterocycles. The first-order valence-electron chi connectivity index (χ1n) is 8.58. The molecule has 1 aromatic heterocycles. The molecule has 2 N–H and O–H groups in total. The summed E-state index contributed by atoms with van der Waals surface area (Å²) in [5, 5.41) is 22.9. The molecule has 0 aliphatic carbocycles. The number of nitriles is 1. The molecular weight excluding hydrogens is 338 g/mol. The van der Waals surface area contributed by atoms with Crippen molar-refractivity contribution >= 4 is 23.1 Å². The highest BCUT2D eigenvalue weighted by atomic mass is 16.1. The monoisotopic (exact) mass is 357 g/mol. The van der Waals surface area contributed by atoms with Crippen LogP contribution in [0.2, 0.25) is 0 Å². The number of para-hydroxylation sites is 1. The Hall–Kier alpha value is -3.72. The molecule has 2 aromatic carbocycles. The van der Waals surface area contributed by atoms with Crippen molar-refractivity contribution in [2.24, 2.45) is 0 Å². The van der Waals surface area contributed by atoms with Gasteiger partial charge in [0.1, 0.15) is 6.07 Å². The van der Waals surface area contributed by atoms with Gasteiger partial charge in [0.05, 0.1) is 11.3 Å². The lowest BCUT2D eigenvalue weighted by Crippen LogP contribution is -2.14. The van der Waals surface area contributed by atoms with Gasteiger partial charge in [-0.3, -0.25) is 4.79 Å². The van der Waals surface area contributed by atoms with Crippen LogP contribution in [0.25, 0.3) is 0 Å². The molecule has 3 rings (SSSR count). The van der Waals surface area contributed by atoms with Crippen LogP contribution in [0.1, 0.15) is 41.4 Å². The van der Waals surface area contributed by atoms with E-state index >= 15 is 0 Å². The van der Waals surface area contributed by atoms with E-state index in [0.29, 0.717) is 28.7 Å². The summed E-state index contributed by atoms with van der Waals surface area (Å²) in [5.74, 6) is 0.561. The Morgan fingerprint density at radius 1 is 1.00 bits per heavy atom. The topological polar surface area (TPSA) is 90.7 Å². The smallest absolute Gasteiger partial charge is 0.276 e. The van der Waals surface area contributed by atoms with Crippen LogP contribution in [0.5, 0.6) is 0 Å². The highest BCUT2D eigenvalue weighted by molar-refractivity contribution is 6.02. The second-order valence-electron chi connectivity index (χ2n) is 6.32. The van der Waals surface area contributed by atoms with Crippen LogP contribution < -0.4 is 10.6 Å². The van der Waals surface area contributed by atoms with Crippen LogP contribution in [0, 0.1) is 11.3 Å². The Morgan fingerprint density at radius 2 is 1.74 bits per heavy atom. The van der Waals surface area contributed by atoms with Gasteiger partial charge in [0.2, 0.25) is 0 Å². The second-order valence-corrected chi connectivity index (χ2v) is 6.32. The van der Waals surface area contributed by atoms with Crippen LogP contribution in [0.3, 0.4) is 0 Å². The van der Waals surface area contributed by atoms with Crippen LogP contribution >= 0.6 is 0 Å². The zero-order valence-corrected chi connectivity index (χ0v) is 15.1. The minimum absolute atomic E-state index is 0.210. The molecule has 0 aliphatic rings. The molecule has 0 bridgehead atoms. The first kappa shape index (κ1) is 18.1. The van der Waals surface area contributed by atoms with E-state index in [1.54, 1.807) is 30.3 Å². The van der Waals surface area contributed by atoms with Crippen molar-refractivity contribution in [1.29, 1.82) is 5.26 Å². The third kappa shape index (κ3) is 4.47. The van der Waals surface area contributed by atoms with E-state index in [1.165, 1.54) is 5.56 Å². The van der Waals surface area contributed by atoms with E-state index in [4.69, 9.17) is 5.26 Å². The summed E-state index contributed by atoms with van der Waals surface area (Å²) in [6.45, 7) is 4.24. The molecule has 0 radical (unpaired) electrons. The van der Waals surface area contributed by atoms with Gasteiger partial charge < -0.3 is 10.6 Å². The third-order valence-electron chi connectivity index (χ3n) is 4.04. The number of nitrogens with zero attached hydrogens (tertiary/aromatic N) is 3. The molecule has 0 atom stereocenters. The van der Waals surface area contributed by atoms with Gasteiger partial charge in [0.25, 0.3) is 5.91 Å². The van der Waals surface area contributed by atoms with Crippen LogP contribution in [0.4, 0.5) is 17.2 Å². The number of anilines is 3. The fourth-order valence-corrected chi connectivity index (χ4v) is 2.49. The molecule has 0 fully saturated rings. The van der Waals surface area contributed by atoms with E-state index in [-0.39, 0.29) is 11.6 Å². The highest BCUT2D eigenvalue weighted by Gasteiger charge is 2.10. The summed E-state index contributed by atoms with van der Waals surface area (Å²) in [5.41, 5.74) is 3.27. The van der Waals surface area contributed by atoms with Crippen molar-refractivity contribution in [2.75, 3.05) is 10.6 Å². The first-order chi connectivity index (χ1) is 13.1. The standard InChI is InChI=1S/C21H19N5O/c1-14(2)15-7-9-17(10-8-15)23-21(27)19-11-12-20(26-25-19)24-18-6-4-3-5-16(18)13-22/h3-12,14H,1-2H3,(H,23,27)(H,24,26). The van der Waals surface area contributed by atoms with Gasteiger partial charge in [-0.1, -0.05) is 38.1 Å². The number of carbonyl (C=O) groups is 1. The summed E-state index contributed by atoms with van der Waals surface area (Å²) in [4.78, 5) is 12.3. The normalized spacial score (nSPS) is 10.3. The molecule has 0 unspecified atom stereocenters. The molecule has 6 nitrogen and oxygen atoms in total. The van der Waals surface area contributed by atoms with Crippen LogP contribution in [-0.2, 0) is 0 Å². The maximum atomic E-state index is 12.3. The van der Waals surface area contributed by atoms with Crippen molar-refractivity contribution in [3.05, 3.63) is 77.5 Å². The molecule has 0 spiro atoms. The lowest BCUT2D eigenvalue weighted by molar-refractivity contribution is 0.102. The fourth-order valence-electron chi connectivity index (χ4n) is 2.49. The van der Waals surface area contributed by atoms with E-state index < -0.39 is 0 Å². The van der Waals surface area contributed by atoms with Crippen LogP contribution in [0.15, 0.2) is 60.7 Å². The Kier molecular flexibility index (Phi) is 5.43. The lowest BCUT2D eigenvalue weighted by Gasteiger charge is -2.09. The fraction of sp³-hybridized carbons (Fsp3) is 0.143. The zero-order chi connectivity index (χ0) is 19.2. The quantitative estimate of drug-likeness (QED) is 0.703. The summed E-state index contributed by atoms with van der Waals surface area (Å²) >= 11 is 0. The van der Waals surface area contributed by atoms with Crippen molar-refractivity contribution in [3.63, 3.8) is 0 Å². The summed E-state index contributed by atoms with van der Waals surface area (Å²) in [6.07, 6.45) is 0. The number of carbonyl (C=O) groups excluding carboxylic acids is 1. The molecule has 134 valence electrons. The number of nitrogens with one attached hydrogen (secondary N) is 2. The van der Waals surface area contributed by atoms with Crippen molar-refractivity contribution < 1.29 is 4.79 Å². The SMILES string of the molecule is CC(C)c1ccc(NC(=O)c2ccc(Nc3ccccc3C#N)nn2)cc1. The maximum absolute atomic E-state index is 12.3. The molecule has 27 heavy (non-hydrogen) atoms. The molecule has 0 aliphatic heterocycles. The van der Waals surface area contributed by atoms with Crippen molar-refractivity contribution in [3.8, 4) is 6.07 Å². The van der Waals surface area contributed by atoms with E-state index in [9.17, 15) is 4.79 Å². The molecule has 1 heterocycles. The largest absolute Gasteiger partial charge is 0.338 e.